The zero-order valence-electron chi connectivity index (χ0n) is 14.6. The summed E-state index contributed by atoms with van der Waals surface area (Å²) in [5.74, 6) is 0.620. The highest BCUT2D eigenvalue weighted by atomic mass is 35.5. The summed E-state index contributed by atoms with van der Waals surface area (Å²) in [7, 11) is 0. The molecule has 0 unspecified atom stereocenters. The van der Waals surface area contributed by atoms with Crippen LogP contribution in [0.3, 0.4) is 0 Å². The molecule has 0 saturated heterocycles. The van der Waals surface area contributed by atoms with Gasteiger partial charge >= 0.3 is 0 Å². The Kier molecular flexibility index (Phi) is 5.32. The van der Waals surface area contributed by atoms with Crippen LogP contribution >= 0.6 is 35.4 Å². The SMILES string of the molecule is CC(C)(C)c1ccc(-c2n[nH]c(=S)n2/N=C/c2c(Cl)cccc2Cl)cc1. The Hall–Kier alpha value is -1.95. The second kappa shape index (κ2) is 7.35. The molecule has 2 aromatic carbocycles. The summed E-state index contributed by atoms with van der Waals surface area (Å²) in [6.45, 7) is 6.53. The molecule has 0 spiro atoms. The fraction of sp³-hybridized carbons (Fsp3) is 0.211. The third-order valence-corrected chi connectivity index (χ3v) is 4.88. The number of aromatic amines is 1. The molecule has 0 aliphatic carbocycles. The van der Waals surface area contributed by atoms with Crippen molar-refractivity contribution in [1.82, 2.24) is 14.9 Å². The summed E-state index contributed by atoms with van der Waals surface area (Å²) in [5, 5.41) is 12.6. The van der Waals surface area contributed by atoms with Crippen LogP contribution in [-0.4, -0.2) is 21.1 Å². The van der Waals surface area contributed by atoms with Gasteiger partial charge in [0.25, 0.3) is 0 Å². The first-order valence-corrected chi connectivity index (χ1v) is 9.20. The first kappa shape index (κ1) is 18.8. The summed E-state index contributed by atoms with van der Waals surface area (Å²) >= 11 is 17.7. The lowest BCUT2D eigenvalue weighted by atomic mass is 9.87. The molecule has 26 heavy (non-hydrogen) atoms. The third kappa shape index (κ3) is 3.90. The minimum absolute atomic E-state index is 0.0855. The zero-order chi connectivity index (χ0) is 18.9. The van der Waals surface area contributed by atoms with Crippen molar-refractivity contribution in [2.75, 3.05) is 0 Å². The van der Waals surface area contributed by atoms with Crippen molar-refractivity contribution in [1.29, 1.82) is 0 Å². The molecule has 3 rings (SSSR count). The summed E-state index contributed by atoms with van der Waals surface area (Å²) in [5.41, 5.74) is 2.87. The van der Waals surface area contributed by atoms with Crippen LogP contribution in [0.4, 0.5) is 0 Å². The van der Waals surface area contributed by atoms with Crippen molar-refractivity contribution < 1.29 is 0 Å². The molecular weight excluding hydrogens is 387 g/mol. The van der Waals surface area contributed by atoms with Gasteiger partial charge in [0.1, 0.15) is 0 Å². The highest BCUT2D eigenvalue weighted by Gasteiger charge is 2.15. The number of rotatable bonds is 3. The Bertz CT molecular complexity index is 991. The minimum Gasteiger partial charge on any atom is -0.250 e. The second-order valence-electron chi connectivity index (χ2n) is 6.87. The van der Waals surface area contributed by atoms with Gasteiger partial charge in [-0.1, -0.05) is 74.3 Å². The van der Waals surface area contributed by atoms with E-state index >= 15 is 0 Å². The van der Waals surface area contributed by atoms with E-state index in [0.29, 0.717) is 26.2 Å². The Balaban J connectivity index is 2.00. The fourth-order valence-corrected chi connectivity index (χ4v) is 3.13. The Labute approximate surface area is 167 Å². The molecule has 1 aromatic heterocycles. The van der Waals surface area contributed by atoms with Gasteiger partial charge in [-0.05, 0) is 35.3 Å². The van der Waals surface area contributed by atoms with Gasteiger partial charge in [0.2, 0.25) is 4.77 Å². The molecule has 0 atom stereocenters. The van der Waals surface area contributed by atoms with Gasteiger partial charge in [0.05, 0.1) is 16.3 Å². The monoisotopic (exact) mass is 404 g/mol. The predicted octanol–water partition coefficient (Wildman–Crippen LogP) is 6.09. The average Bonchev–Trinajstić information content (AvgIpc) is 2.95. The van der Waals surface area contributed by atoms with Crippen LogP contribution in [0.2, 0.25) is 10.0 Å². The maximum absolute atomic E-state index is 6.19. The van der Waals surface area contributed by atoms with E-state index < -0.39 is 0 Å². The second-order valence-corrected chi connectivity index (χ2v) is 8.07. The van der Waals surface area contributed by atoms with Crippen molar-refractivity contribution in [3.63, 3.8) is 0 Å². The molecule has 7 heteroatoms. The van der Waals surface area contributed by atoms with E-state index in [2.05, 4.69) is 48.2 Å². The van der Waals surface area contributed by atoms with Crippen molar-refractivity contribution >= 4 is 41.6 Å². The van der Waals surface area contributed by atoms with E-state index in [4.69, 9.17) is 35.4 Å². The smallest absolute Gasteiger partial charge is 0.216 e. The number of nitrogens with one attached hydrogen (secondary N) is 1. The molecule has 0 aliphatic heterocycles. The first-order valence-electron chi connectivity index (χ1n) is 8.04. The minimum atomic E-state index is 0.0855. The zero-order valence-corrected chi connectivity index (χ0v) is 17.0. The highest BCUT2D eigenvalue weighted by molar-refractivity contribution is 7.71. The molecule has 134 valence electrons. The lowest BCUT2D eigenvalue weighted by Gasteiger charge is -2.18. The molecule has 0 fully saturated rings. The normalized spacial score (nSPS) is 12.0. The van der Waals surface area contributed by atoms with Gasteiger partial charge in [-0.2, -0.15) is 14.9 Å². The number of aromatic nitrogens is 3. The predicted molar refractivity (Wildman–Crippen MR) is 111 cm³/mol. The lowest BCUT2D eigenvalue weighted by Crippen LogP contribution is -2.10. The average molecular weight is 405 g/mol. The molecule has 1 N–H and O–H groups in total. The molecular formula is C19H18Cl2N4S. The van der Waals surface area contributed by atoms with Crippen molar-refractivity contribution in [3.05, 3.63) is 68.4 Å². The van der Waals surface area contributed by atoms with Gasteiger partial charge in [-0.3, -0.25) is 0 Å². The number of halogens is 2. The van der Waals surface area contributed by atoms with Crippen LogP contribution in [-0.2, 0) is 5.41 Å². The number of nitrogens with zero attached hydrogens (tertiary/aromatic N) is 3. The Morgan fingerprint density at radius 2 is 1.69 bits per heavy atom. The molecule has 0 bridgehead atoms. The first-order chi connectivity index (χ1) is 12.3. The quantitative estimate of drug-likeness (QED) is 0.423. The molecule has 1 heterocycles. The van der Waals surface area contributed by atoms with E-state index in [0.717, 1.165) is 5.56 Å². The van der Waals surface area contributed by atoms with Crippen LogP contribution in [0.1, 0.15) is 31.9 Å². The van der Waals surface area contributed by atoms with Crippen LogP contribution in [0.15, 0.2) is 47.6 Å². The fourth-order valence-electron chi connectivity index (χ4n) is 2.45. The van der Waals surface area contributed by atoms with Crippen LogP contribution in [0.25, 0.3) is 11.4 Å². The summed E-state index contributed by atoms with van der Waals surface area (Å²) in [6, 6.07) is 13.5. The number of benzene rings is 2. The van der Waals surface area contributed by atoms with Crippen molar-refractivity contribution in [2.24, 2.45) is 5.10 Å². The van der Waals surface area contributed by atoms with E-state index in [1.807, 2.05) is 12.1 Å². The molecule has 4 nitrogen and oxygen atoms in total. The van der Waals surface area contributed by atoms with Gasteiger partial charge in [0, 0.05) is 11.1 Å². The van der Waals surface area contributed by atoms with Gasteiger partial charge in [-0.15, -0.1) is 0 Å². The third-order valence-electron chi connectivity index (χ3n) is 3.96. The highest BCUT2D eigenvalue weighted by Crippen LogP contribution is 2.26. The van der Waals surface area contributed by atoms with Crippen molar-refractivity contribution in [3.8, 4) is 11.4 Å². The number of H-pyrrole nitrogens is 1. The van der Waals surface area contributed by atoms with E-state index in [9.17, 15) is 0 Å². The topological polar surface area (TPSA) is 46.0 Å². The lowest BCUT2D eigenvalue weighted by molar-refractivity contribution is 0.590. The Morgan fingerprint density at radius 1 is 1.08 bits per heavy atom. The molecule has 0 amide bonds. The van der Waals surface area contributed by atoms with E-state index in [-0.39, 0.29) is 5.41 Å². The molecule has 0 saturated carbocycles. The Morgan fingerprint density at radius 3 is 2.27 bits per heavy atom. The van der Waals surface area contributed by atoms with Crippen molar-refractivity contribution in [2.45, 2.75) is 26.2 Å². The maximum Gasteiger partial charge on any atom is 0.216 e. The van der Waals surface area contributed by atoms with Crippen LogP contribution < -0.4 is 0 Å². The number of hydrogen-bond acceptors (Lipinski definition) is 3. The van der Waals surface area contributed by atoms with Crippen LogP contribution in [0, 0.1) is 4.77 Å². The van der Waals surface area contributed by atoms with Crippen LogP contribution in [0.5, 0.6) is 0 Å². The summed E-state index contributed by atoms with van der Waals surface area (Å²) < 4.78 is 1.94. The largest absolute Gasteiger partial charge is 0.250 e. The van der Waals surface area contributed by atoms with E-state index in [1.165, 1.54) is 5.56 Å². The van der Waals surface area contributed by atoms with Gasteiger partial charge in [-0.25, -0.2) is 5.10 Å². The summed E-state index contributed by atoms with van der Waals surface area (Å²) in [4.78, 5) is 0. The van der Waals surface area contributed by atoms with E-state index in [1.54, 1.807) is 29.1 Å². The standard InChI is InChI=1S/C19H18Cl2N4S/c1-19(2,3)13-9-7-12(8-10-13)17-23-24-18(26)25(17)22-11-14-15(20)5-4-6-16(14)21/h4-11H,1-3H3,(H,24,26)/b22-11+. The molecule has 0 aliphatic rings. The molecule has 3 aromatic rings. The van der Waals surface area contributed by atoms with Gasteiger partial charge < -0.3 is 0 Å². The molecule has 0 radical (unpaired) electrons. The maximum atomic E-state index is 6.19. The summed E-state index contributed by atoms with van der Waals surface area (Å²) in [6.07, 6.45) is 1.59. The number of hydrogen-bond donors (Lipinski definition) is 1. The van der Waals surface area contributed by atoms with Gasteiger partial charge in [0.15, 0.2) is 5.82 Å².